The molecule has 0 radical (unpaired) electrons. The number of unbranched alkanes of at least 4 members (excludes halogenated alkanes) is 8. The molecule has 16 heteroatoms. The van der Waals surface area contributed by atoms with Crippen LogP contribution in [0.3, 0.4) is 0 Å². The number of hydrogen-bond acceptors (Lipinski definition) is 12. The van der Waals surface area contributed by atoms with Gasteiger partial charge in [-0.2, -0.15) is 0 Å². The van der Waals surface area contributed by atoms with Crippen molar-refractivity contribution < 1.29 is 57.9 Å². The number of aliphatic hydroxyl groups excluding tert-OH is 2. The van der Waals surface area contributed by atoms with E-state index in [1.807, 2.05) is 30.3 Å². The molecule has 0 spiro atoms. The van der Waals surface area contributed by atoms with Crippen LogP contribution in [0.25, 0.3) is 0 Å². The normalized spacial score (nSPS) is 21.1. The van der Waals surface area contributed by atoms with Crippen LogP contribution in [0, 0.1) is 0 Å². The number of hydrogen-bond donors (Lipinski definition) is 6. The van der Waals surface area contributed by atoms with Crippen LogP contribution < -0.4 is 21.3 Å². The lowest BCUT2D eigenvalue weighted by Gasteiger charge is -2.42. The summed E-state index contributed by atoms with van der Waals surface area (Å²) in [4.78, 5) is 59.5. The summed E-state index contributed by atoms with van der Waals surface area (Å²) >= 11 is 0. The standard InChI is InChI=1S/C41H66N4O12/c1-31(46)45-37-38(51)39(52)41(30-56-40(37)57-41)29-54-25-14-13-19-33(47)42-22-15-23-43-35(49)21-26-53-27-24-44-34(48)18-11-6-4-2-3-5-7-12-20-36(50)55-28-32-16-9-8-10-17-32/h8-10,16-17,37-40,51-52H,2-7,11-15,18-30H2,1H3,(H,42,47)(H,43,49)(H,44,48)(H,45,46)/t37-,38-,39-,40+,41+/m1/s1. The summed E-state index contributed by atoms with van der Waals surface area (Å²) in [5.41, 5.74) is -0.218. The summed E-state index contributed by atoms with van der Waals surface area (Å²) in [5.74, 6) is -0.749. The minimum atomic E-state index is -1.30. The van der Waals surface area contributed by atoms with E-state index in [0.717, 1.165) is 56.9 Å². The second-order valence-corrected chi connectivity index (χ2v) is 14.8. The topological polar surface area (TPSA) is 220 Å². The van der Waals surface area contributed by atoms with Gasteiger partial charge in [-0.15, -0.1) is 0 Å². The highest BCUT2D eigenvalue weighted by atomic mass is 16.7. The molecule has 0 saturated carbocycles. The Kier molecular flexibility index (Phi) is 23.3. The molecule has 5 atom stereocenters. The van der Waals surface area contributed by atoms with Crippen LogP contribution in [-0.4, -0.2) is 123 Å². The van der Waals surface area contributed by atoms with Gasteiger partial charge in [0, 0.05) is 58.8 Å². The zero-order valence-corrected chi connectivity index (χ0v) is 33.6. The van der Waals surface area contributed by atoms with Crippen LogP contribution in [0.1, 0.15) is 109 Å². The number of benzene rings is 1. The van der Waals surface area contributed by atoms with Crippen molar-refractivity contribution in [2.45, 2.75) is 140 Å². The third kappa shape index (κ3) is 19.6. The molecule has 322 valence electrons. The van der Waals surface area contributed by atoms with E-state index in [9.17, 15) is 34.2 Å². The summed E-state index contributed by atoms with van der Waals surface area (Å²) in [5, 5.41) is 32.1. The molecule has 57 heavy (non-hydrogen) atoms. The number of rotatable bonds is 31. The van der Waals surface area contributed by atoms with E-state index in [-0.39, 0.29) is 55.8 Å². The molecule has 2 saturated heterocycles. The van der Waals surface area contributed by atoms with Gasteiger partial charge in [0.2, 0.25) is 23.6 Å². The van der Waals surface area contributed by atoms with Crippen molar-refractivity contribution in [2.24, 2.45) is 0 Å². The maximum atomic E-state index is 12.1. The molecule has 2 heterocycles. The lowest BCUT2D eigenvalue weighted by Crippen LogP contribution is -2.66. The largest absolute Gasteiger partial charge is 0.461 e. The zero-order valence-electron chi connectivity index (χ0n) is 33.6. The molecular weight excluding hydrogens is 740 g/mol. The average molecular weight is 807 g/mol. The Morgan fingerprint density at radius 1 is 0.702 bits per heavy atom. The quantitative estimate of drug-likeness (QED) is 0.0471. The minimum Gasteiger partial charge on any atom is -0.461 e. The Balaban J connectivity index is 1.02. The van der Waals surface area contributed by atoms with Gasteiger partial charge in [0.15, 0.2) is 6.29 Å². The van der Waals surface area contributed by atoms with Crippen LogP contribution in [0.4, 0.5) is 0 Å². The van der Waals surface area contributed by atoms with Crippen LogP contribution in [0.2, 0.25) is 0 Å². The van der Waals surface area contributed by atoms with Gasteiger partial charge in [-0.3, -0.25) is 24.0 Å². The first-order chi connectivity index (χ1) is 27.6. The highest BCUT2D eigenvalue weighted by Crippen LogP contribution is 2.37. The summed E-state index contributed by atoms with van der Waals surface area (Å²) in [6.07, 6.45) is 7.99. The molecule has 1 aromatic rings. The molecule has 1 aromatic carbocycles. The highest BCUT2D eigenvalue weighted by Gasteiger charge is 2.59. The molecule has 0 unspecified atom stereocenters. The van der Waals surface area contributed by atoms with E-state index in [1.54, 1.807) is 0 Å². The highest BCUT2D eigenvalue weighted by molar-refractivity contribution is 5.77. The molecule has 0 aliphatic carbocycles. The molecular formula is C41H66N4O12. The van der Waals surface area contributed by atoms with Gasteiger partial charge in [-0.05, 0) is 37.7 Å². The number of carbonyl (C=O) groups is 5. The second kappa shape index (κ2) is 27.9. The third-order valence-corrected chi connectivity index (χ3v) is 9.84. The monoisotopic (exact) mass is 806 g/mol. The Morgan fingerprint density at radius 3 is 1.96 bits per heavy atom. The fourth-order valence-corrected chi connectivity index (χ4v) is 6.57. The molecule has 16 nitrogen and oxygen atoms in total. The van der Waals surface area contributed by atoms with E-state index >= 15 is 0 Å². The molecule has 3 rings (SSSR count). The molecule has 2 bridgehead atoms. The van der Waals surface area contributed by atoms with Crippen molar-refractivity contribution >= 4 is 29.6 Å². The van der Waals surface area contributed by atoms with Crippen LogP contribution in [0.5, 0.6) is 0 Å². The van der Waals surface area contributed by atoms with Gasteiger partial charge in [0.05, 0.1) is 26.4 Å². The minimum absolute atomic E-state index is 0.00110. The molecule has 6 N–H and O–H groups in total. The van der Waals surface area contributed by atoms with Crippen molar-refractivity contribution in [3.63, 3.8) is 0 Å². The second-order valence-electron chi connectivity index (χ2n) is 14.8. The van der Waals surface area contributed by atoms with Crippen molar-refractivity contribution in [3.05, 3.63) is 35.9 Å². The summed E-state index contributed by atoms with van der Waals surface area (Å²) in [7, 11) is 0. The van der Waals surface area contributed by atoms with E-state index in [4.69, 9.17) is 23.7 Å². The lowest BCUT2D eigenvalue weighted by molar-refractivity contribution is -0.237. The van der Waals surface area contributed by atoms with Gasteiger partial charge in [-0.25, -0.2) is 0 Å². The average Bonchev–Trinajstić information content (AvgIpc) is 3.60. The predicted octanol–water partition coefficient (Wildman–Crippen LogP) is 2.31. The number of fused-ring (bicyclic) bond motifs is 2. The van der Waals surface area contributed by atoms with Gasteiger partial charge in [0.25, 0.3) is 0 Å². The Labute approximate surface area is 336 Å². The first kappa shape index (κ1) is 47.7. The van der Waals surface area contributed by atoms with E-state index in [0.29, 0.717) is 78.0 Å². The number of amides is 4. The fourth-order valence-electron chi connectivity index (χ4n) is 6.57. The Hall–Kier alpha value is -3.67. The Morgan fingerprint density at radius 2 is 1.30 bits per heavy atom. The molecule has 2 fully saturated rings. The van der Waals surface area contributed by atoms with Crippen LogP contribution in [-0.2, 0) is 54.3 Å². The van der Waals surface area contributed by atoms with E-state index in [1.165, 1.54) is 6.92 Å². The number of nitrogens with one attached hydrogen (secondary N) is 4. The lowest BCUT2D eigenvalue weighted by atomic mass is 9.88. The van der Waals surface area contributed by atoms with Crippen LogP contribution >= 0.6 is 0 Å². The molecule has 4 amide bonds. The first-order valence-electron chi connectivity index (χ1n) is 20.7. The molecule has 2 aliphatic rings. The smallest absolute Gasteiger partial charge is 0.306 e. The van der Waals surface area contributed by atoms with Crippen LogP contribution in [0.15, 0.2) is 30.3 Å². The number of esters is 1. The van der Waals surface area contributed by atoms with Crippen molar-refractivity contribution in [2.75, 3.05) is 52.7 Å². The van der Waals surface area contributed by atoms with Gasteiger partial charge < -0.3 is 55.2 Å². The molecule has 0 aromatic heterocycles. The SMILES string of the molecule is CC(=O)N[C@H]1[C@H]2OC[C@](COCCCCC(=O)NCCCNC(=O)CCOCCNC(=O)CCCCCCCCCCC(=O)OCc3ccccc3)(O2)[C@H](O)[C@@H]1O. The maximum Gasteiger partial charge on any atom is 0.306 e. The zero-order chi connectivity index (χ0) is 41.1. The summed E-state index contributed by atoms with van der Waals surface area (Å²) < 4.78 is 27.8. The maximum absolute atomic E-state index is 12.1. The number of aliphatic hydroxyl groups is 2. The predicted molar refractivity (Wildman–Crippen MR) is 209 cm³/mol. The van der Waals surface area contributed by atoms with Gasteiger partial charge in [0.1, 0.15) is 30.5 Å². The van der Waals surface area contributed by atoms with E-state index in [2.05, 4.69) is 21.3 Å². The number of carbonyl (C=O) groups excluding carboxylic acids is 5. The molecule has 2 aliphatic heterocycles. The first-order valence-corrected chi connectivity index (χ1v) is 20.7. The number of ether oxygens (including phenoxy) is 5. The van der Waals surface area contributed by atoms with Crippen molar-refractivity contribution in [3.8, 4) is 0 Å². The third-order valence-electron chi connectivity index (χ3n) is 9.84. The van der Waals surface area contributed by atoms with Gasteiger partial charge >= 0.3 is 5.97 Å². The van der Waals surface area contributed by atoms with Gasteiger partial charge in [-0.1, -0.05) is 68.9 Å². The fraction of sp³-hybridized carbons (Fsp3) is 0.732. The van der Waals surface area contributed by atoms with Crippen molar-refractivity contribution in [1.82, 2.24) is 21.3 Å². The summed E-state index contributed by atoms with van der Waals surface area (Å²) in [6, 6.07) is 8.81. The Bertz CT molecular complexity index is 1340. The van der Waals surface area contributed by atoms with Crippen molar-refractivity contribution in [1.29, 1.82) is 0 Å². The summed E-state index contributed by atoms with van der Waals surface area (Å²) in [6.45, 7) is 3.84. The van der Waals surface area contributed by atoms with E-state index < -0.39 is 30.1 Å².